The van der Waals surface area contributed by atoms with E-state index < -0.39 is 12.2 Å². The molecule has 15 atom stereocenters. The van der Waals surface area contributed by atoms with Crippen LogP contribution in [0, 0.1) is 70.6 Å². The summed E-state index contributed by atoms with van der Waals surface area (Å²) in [6.45, 7) is 10.9. The van der Waals surface area contributed by atoms with Gasteiger partial charge in [0.15, 0.2) is 17.4 Å². The molecule has 376 valence electrons. The Morgan fingerprint density at radius 1 is 0.449 bits per heavy atom. The van der Waals surface area contributed by atoms with Gasteiger partial charge in [-0.05, 0) is 163 Å². The first-order chi connectivity index (χ1) is 32.0. The van der Waals surface area contributed by atoms with E-state index in [4.69, 9.17) is 0 Å². The minimum Gasteiger partial charge on any atom is -1.00 e. The number of hydrogen-bond donors (Lipinski definition) is 6. The summed E-state index contributed by atoms with van der Waals surface area (Å²) in [7, 11) is 0. The third-order valence-electron chi connectivity index (χ3n) is 16.0. The van der Waals surface area contributed by atoms with E-state index in [0.29, 0.717) is 55.1 Å². The van der Waals surface area contributed by atoms with Crippen molar-refractivity contribution in [1.82, 2.24) is 0 Å². The summed E-state index contributed by atoms with van der Waals surface area (Å²) < 4.78 is 51.5. The summed E-state index contributed by atoms with van der Waals surface area (Å²) in [5, 5.41) is 58.5. The van der Waals surface area contributed by atoms with E-state index in [1.807, 2.05) is 0 Å². The molecule has 69 heavy (non-hydrogen) atoms. The Labute approximate surface area is 432 Å². The number of halogens is 4. The summed E-state index contributed by atoms with van der Waals surface area (Å²) >= 11 is 0. The van der Waals surface area contributed by atoms with Crippen molar-refractivity contribution in [3.05, 3.63) is 143 Å². The Morgan fingerprint density at radius 2 is 0.797 bits per heavy atom. The number of carbonyl (C=O) groups is 1. The number of aliphatic hydroxyl groups is 6. The zero-order chi connectivity index (χ0) is 48.9. The summed E-state index contributed by atoms with van der Waals surface area (Å²) in [5.41, 5.74) is 3.81. The number of Topliss-reactive ketones (excluding diaryl/α,β-unsaturated/α-hetero) is 1. The van der Waals surface area contributed by atoms with Crippen LogP contribution in [0.5, 0.6) is 0 Å². The van der Waals surface area contributed by atoms with Crippen molar-refractivity contribution in [1.29, 1.82) is 0 Å². The summed E-state index contributed by atoms with van der Waals surface area (Å²) in [4.78, 5) is 11.9. The molecule has 4 aromatic carbocycles. The zero-order valence-corrected chi connectivity index (χ0v) is 40.8. The number of ketones is 1. The number of aliphatic hydroxyl groups excluding tert-OH is 6. The predicted octanol–water partition coefficient (Wildman–Crippen LogP) is 6.40. The second kappa shape index (κ2) is 29.0. The number of hydrogen-bond acceptors (Lipinski definition) is 7. The topological polar surface area (TPSA) is 138 Å². The van der Waals surface area contributed by atoms with Crippen molar-refractivity contribution in [2.75, 3.05) is 19.8 Å². The van der Waals surface area contributed by atoms with Crippen LogP contribution in [0.3, 0.4) is 0 Å². The summed E-state index contributed by atoms with van der Waals surface area (Å²) in [6, 6.07) is 25.3. The van der Waals surface area contributed by atoms with Gasteiger partial charge < -0.3 is 32.1 Å². The fraction of sp³-hybridized carbons (Fsp3) is 0.554. The van der Waals surface area contributed by atoms with Crippen LogP contribution in [0.25, 0.3) is 0 Å². The largest absolute Gasteiger partial charge is 1.00 e. The maximum absolute atomic E-state index is 12.9. The van der Waals surface area contributed by atoms with Crippen molar-refractivity contribution >= 4 is 23.1 Å². The van der Waals surface area contributed by atoms with Gasteiger partial charge in [-0.15, -0.1) is 0 Å². The molecular weight excluding hydrogens is 895 g/mol. The minimum absolute atomic E-state index is 0. The van der Waals surface area contributed by atoms with Crippen LogP contribution >= 0.6 is 0 Å². The van der Waals surface area contributed by atoms with E-state index in [1.54, 1.807) is 48.5 Å². The standard InChI is InChI=1S/C14H19FO3.C14H19FO2.C14H19FO.C14H17FO.Al.Li.4H/c15-11-4-1-9(2-5-11)14-12(8-17)10(7-16)3-6-13(14)18;1-9-11(8-16)4-7-13(17)14(9)10-2-5-12(15)6-3-10;2*1-9-3-8-13(16)14(10(9)2)11-4-6-12(15)7-5-11;;;;;;/h1-2,4-5,10,12-14,16-18H,3,6-8H2;2-3,5-6,9,11,13-14,16-17H,4,7-8H2,1H3;4-7,9-10,13-14,16H,3,8H2,1-2H3;4-7,9-10,14H,3,8H2,1-2H3;;;;;;/q;;;;;+1;;;;-1/t10-,12-,13+,14+;9-,11-,13+,14-;9-,10+,13-,14+;9-,10+,14+;;;;;;/m1100....../s1. The molecule has 0 unspecified atom stereocenters. The van der Waals surface area contributed by atoms with Crippen LogP contribution in [0.15, 0.2) is 97.1 Å². The van der Waals surface area contributed by atoms with Gasteiger partial charge >= 0.3 is 18.9 Å². The molecule has 8 rings (SSSR count). The van der Waals surface area contributed by atoms with E-state index in [-0.39, 0.29) is 134 Å². The van der Waals surface area contributed by atoms with Crippen molar-refractivity contribution in [2.45, 2.75) is 128 Å². The minimum atomic E-state index is -0.546. The molecule has 4 aliphatic rings. The van der Waals surface area contributed by atoms with Crippen LogP contribution in [-0.2, 0) is 4.79 Å². The van der Waals surface area contributed by atoms with Gasteiger partial charge in [0.25, 0.3) is 0 Å². The third kappa shape index (κ3) is 16.1. The quantitative estimate of drug-likeness (QED) is 0.0932. The van der Waals surface area contributed by atoms with Crippen LogP contribution in [0.1, 0.15) is 133 Å². The van der Waals surface area contributed by atoms with Crippen molar-refractivity contribution in [3.8, 4) is 0 Å². The van der Waals surface area contributed by atoms with Gasteiger partial charge in [-0.2, -0.15) is 0 Å². The van der Waals surface area contributed by atoms with Crippen molar-refractivity contribution in [2.24, 2.45) is 47.3 Å². The van der Waals surface area contributed by atoms with Crippen LogP contribution < -0.4 is 18.9 Å². The van der Waals surface area contributed by atoms with E-state index in [9.17, 15) is 53.0 Å². The molecule has 0 aromatic heterocycles. The van der Waals surface area contributed by atoms with E-state index in [2.05, 4.69) is 34.6 Å². The molecule has 4 aliphatic carbocycles. The average molecular weight is 973 g/mol. The number of benzene rings is 4. The number of carbonyl (C=O) groups excluding carboxylic acids is 1. The monoisotopic (exact) mass is 973 g/mol. The Hall–Kier alpha value is -2.84. The first-order valence-electron chi connectivity index (χ1n) is 24.4. The Bertz CT molecular complexity index is 2090. The normalized spacial score (nSPS) is 31.9. The Balaban J connectivity index is 0.000000316. The van der Waals surface area contributed by atoms with Gasteiger partial charge in [-0.1, -0.05) is 83.1 Å². The predicted molar refractivity (Wildman–Crippen MR) is 265 cm³/mol. The summed E-state index contributed by atoms with van der Waals surface area (Å²) in [6.07, 6.45) is 5.24. The molecule has 0 heterocycles. The van der Waals surface area contributed by atoms with Crippen LogP contribution in [0.2, 0.25) is 0 Å². The molecule has 7 nitrogen and oxygen atoms in total. The van der Waals surface area contributed by atoms with Gasteiger partial charge in [0.05, 0.1) is 18.3 Å². The first kappa shape index (κ1) is 60.5. The molecule has 4 aromatic rings. The maximum atomic E-state index is 12.9. The van der Waals surface area contributed by atoms with E-state index >= 15 is 0 Å². The molecule has 0 saturated heterocycles. The van der Waals surface area contributed by atoms with Gasteiger partial charge in [0, 0.05) is 49.9 Å². The van der Waals surface area contributed by atoms with Crippen molar-refractivity contribution < 1.29 is 73.3 Å². The summed E-state index contributed by atoms with van der Waals surface area (Å²) in [5.74, 6) is 1.41. The van der Waals surface area contributed by atoms with Crippen molar-refractivity contribution in [3.63, 3.8) is 0 Å². The molecule has 0 radical (unpaired) electrons. The molecule has 0 bridgehead atoms. The smallest absolute Gasteiger partial charge is 1.00 e. The van der Waals surface area contributed by atoms with E-state index in [1.165, 1.54) is 48.5 Å². The molecular formula is C56H78AlF4LiO7. The third-order valence-corrected chi connectivity index (χ3v) is 16.0. The molecule has 4 saturated carbocycles. The molecule has 0 aliphatic heterocycles. The SMILES string of the molecule is C[C@@H]1[C@@H](C)CCC(=O)[C@H]1c1ccc(F)cc1.C[C@@H]1[C@@H](CO)CC[C@H](O)[C@H]1c1ccc(F)cc1.C[C@H]1[C@H](c2ccc(F)cc2)[C@@H](O)CC[C@@H]1C.OC[C@H]1CC[C@H](O)[C@@H](c2ccc(F)cc2)[C@@H]1CO.[AlH3].[H-].[Li+]. The molecule has 6 N–H and O–H groups in total. The second-order valence-corrected chi connectivity index (χ2v) is 20.0. The zero-order valence-electron chi connectivity index (χ0n) is 41.8. The van der Waals surface area contributed by atoms with Gasteiger partial charge in [-0.25, -0.2) is 17.6 Å². The fourth-order valence-corrected chi connectivity index (χ4v) is 11.3. The Morgan fingerprint density at radius 3 is 1.22 bits per heavy atom. The fourth-order valence-electron chi connectivity index (χ4n) is 11.3. The van der Waals surface area contributed by atoms with Crippen LogP contribution in [-0.4, -0.2) is 91.9 Å². The number of rotatable bonds is 7. The first-order valence-corrected chi connectivity index (χ1v) is 24.4. The molecule has 0 amide bonds. The second-order valence-electron chi connectivity index (χ2n) is 20.0. The van der Waals surface area contributed by atoms with E-state index in [0.717, 1.165) is 47.9 Å². The van der Waals surface area contributed by atoms with Crippen LogP contribution in [0.4, 0.5) is 17.6 Å². The van der Waals surface area contributed by atoms with Gasteiger partial charge in [0.1, 0.15) is 29.1 Å². The molecule has 0 spiro atoms. The molecule has 4 fully saturated rings. The van der Waals surface area contributed by atoms with Gasteiger partial charge in [0.2, 0.25) is 0 Å². The maximum Gasteiger partial charge on any atom is 1.00 e. The molecule has 13 heteroatoms. The Kier molecular flexibility index (Phi) is 25.4. The van der Waals surface area contributed by atoms with Gasteiger partial charge in [-0.3, -0.25) is 4.79 Å². The average Bonchev–Trinajstić information content (AvgIpc) is 3.32.